The SMILES string of the molecule is CCCOc1ccc(NCc2ccc(OCCOCC)cc2)cc1. The molecule has 0 heterocycles. The molecule has 0 saturated carbocycles. The summed E-state index contributed by atoms with van der Waals surface area (Å²) in [6.07, 6.45) is 1.02. The first-order valence-corrected chi connectivity index (χ1v) is 8.58. The van der Waals surface area contributed by atoms with Gasteiger partial charge in [0.2, 0.25) is 0 Å². The Morgan fingerprint density at radius 3 is 2.00 bits per heavy atom. The van der Waals surface area contributed by atoms with Gasteiger partial charge in [0.05, 0.1) is 13.2 Å². The van der Waals surface area contributed by atoms with Crippen molar-refractivity contribution in [3.05, 3.63) is 54.1 Å². The van der Waals surface area contributed by atoms with Gasteiger partial charge in [0, 0.05) is 18.8 Å². The van der Waals surface area contributed by atoms with E-state index in [1.165, 1.54) is 5.56 Å². The molecule has 2 aromatic rings. The summed E-state index contributed by atoms with van der Waals surface area (Å²) in [6, 6.07) is 16.2. The van der Waals surface area contributed by atoms with Gasteiger partial charge in [-0.25, -0.2) is 0 Å². The molecule has 130 valence electrons. The summed E-state index contributed by atoms with van der Waals surface area (Å²) in [7, 11) is 0. The molecule has 0 bridgehead atoms. The largest absolute Gasteiger partial charge is 0.494 e. The third-order valence-electron chi connectivity index (χ3n) is 3.45. The van der Waals surface area contributed by atoms with Crippen LogP contribution in [0.2, 0.25) is 0 Å². The highest BCUT2D eigenvalue weighted by molar-refractivity contribution is 5.47. The molecule has 4 heteroatoms. The number of benzene rings is 2. The molecule has 0 amide bonds. The van der Waals surface area contributed by atoms with Crippen LogP contribution in [0.25, 0.3) is 0 Å². The lowest BCUT2D eigenvalue weighted by Crippen LogP contribution is -2.06. The lowest BCUT2D eigenvalue weighted by molar-refractivity contribution is 0.110. The molecule has 0 aliphatic heterocycles. The van der Waals surface area contributed by atoms with Gasteiger partial charge >= 0.3 is 0 Å². The van der Waals surface area contributed by atoms with Crippen LogP contribution < -0.4 is 14.8 Å². The van der Waals surface area contributed by atoms with Crippen molar-refractivity contribution in [2.24, 2.45) is 0 Å². The van der Waals surface area contributed by atoms with Crippen LogP contribution in [-0.2, 0) is 11.3 Å². The van der Waals surface area contributed by atoms with Crippen LogP contribution in [0.4, 0.5) is 5.69 Å². The Kier molecular flexibility index (Phi) is 7.98. The van der Waals surface area contributed by atoms with Crippen molar-refractivity contribution in [2.45, 2.75) is 26.8 Å². The summed E-state index contributed by atoms with van der Waals surface area (Å²) in [5.41, 5.74) is 2.29. The second kappa shape index (κ2) is 10.6. The highest BCUT2D eigenvalue weighted by Crippen LogP contribution is 2.17. The van der Waals surface area contributed by atoms with Crippen molar-refractivity contribution in [1.29, 1.82) is 0 Å². The van der Waals surface area contributed by atoms with Gasteiger partial charge in [0.25, 0.3) is 0 Å². The summed E-state index contributed by atoms with van der Waals surface area (Å²) in [6.45, 7) is 7.54. The van der Waals surface area contributed by atoms with Gasteiger partial charge < -0.3 is 19.5 Å². The standard InChI is InChI=1S/C20H27NO3/c1-3-13-23-20-11-7-18(8-12-20)21-16-17-5-9-19(10-6-17)24-15-14-22-4-2/h5-12,21H,3-4,13-16H2,1-2H3. The molecule has 0 atom stereocenters. The summed E-state index contributed by atoms with van der Waals surface area (Å²) in [5, 5.41) is 3.41. The lowest BCUT2D eigenvalue weighted by Gasteiger charge is -2.10. The average Bonchev–Trinajstić information content (AvgIpc) is 2.64. The van der Waals surface area contributed by atoms with Gasteiger partial charge in [0.1, 0.15) is 18.1 Å². The molecule has 0 aliphatic rings. The maximum Gasteiger partial charge on any atom is 0.119 e. The van der Waals surface area contributed by atoms with Crippen LogP contribution in [0.3, 0.4) is 0 Å². The number of nitrogens with one attached hydrogen (secondary N) is 1. The number of anilines is 1. The third kappa shape index (κ3) is 6.50. The molecule has 0 spiro atoms. The van der Waals surface area contributed by atoms with Gasteiger partial charge in [0.15, 0.2) is 0 Å². The second-order valence-electron chi connectivity index (χ2n) is 5.42. The third-order valence-corrected chi connectivity index (χ3v) is 3.45. The molecule has 2 rings (SSSR count). The molecular weight excluding hydrogens is 302 g/mol. The molecule has 24 heavy (non-hydrogen) atoms. The fourth-order valence-corrected chi connectivity index (χ4v) is 2.16. The first kappa shape index (κ1) is 18.1. The average molecular weight is 329 g/mol. The molecule has 1 N–H and O–H groups in total. The molecule has 0 aromatic heterocycles. The zero-order valence-electron chi connectivity index (χ0n) is 14.6. The van der Waals surface area contributed by atoms with Crippen LogP contribution in [0.15, 0.2) is 48.5 Å². The maximum absolute atomic E-state index is 5.61. The van der Waals surface area contributed by atoms with Gasteiger partial charge in [-0.3, -0.25) is 0 Å². The molecule has 0 aliphatic carbocycles. The van der Waals surface area contributed by atoms with Gasteiger partial charge in [-0.1, -0.05) is 19.1 Å². The molecular formula is C20H27NO3. The minimum Gasteiger partial charge on any atom is -0.494 e. The highest BCUT2D eigenvalue weighted by atomic mass is 16.5. The predicted octanol–water partition coefficient (Wildman–Crippen LogP) is 4.50. The Balaban J connectivity index is 1.75. The van der Waals surface area contributed by atoms with Crippen LogP contribution in [0, 0.1) is 0 Å². The van der Waals surface area contributed by atoms with E-state index in [1.807, 2.05) is 43.3 Å². The smallest absolute Gasteiger partial charge is 0.119 e. The van der Waals surface area contributed by atoms with Crippen molar-refractivity contribution in [3.8, 4) is 11.5 Å². The normalized spacial score (nSPS) is 10.4. The number of hydrogen-bond acceptors (Lipinski definition) is 4. The lowest BCUT2D eigenvalue weighted by atomic mass is 10.2. The monoisotopic (exact) mass is 329 g/mol. The molecule has 0 unspecified atom stereocenters. The van der Waals surface area contributed by atoms with Crippen molar-refractivity contribution in [1.82, 2.24) is 0 Å². The van der Waals surface area contributed by atoms with E-state index < -0.39 is 0 Å². The van der Waals surface area contributed by atoms with Gasteiger partial charge in [-0.15, -0.1) is 0 Å². The van der Waals surface area contributed by atoms with Crippen molar-refractivity contribution >= 4 is 5.69 Å². The van der Waals surface area contributed by atoms with E-state index in [0.717, 1.165) is 43.4 Å². The van der Waals surface area contributed by atoms with E-state index >= 15 is 0 Å². The second-order valence-corrected chi connectivity index (χ2v) is 5.42. The number of ether oxygens (including phenoxy) is 3. The van der Waals surface area contributed by atoms with Crippen molar-refractivity contribution in [3.63, 3.8) is 0 Å². The van der Waals surface area contributed by atoms with Crippen molar-refractivity contribution in [2.75, 3.05) is 31.7 Å². The van der Waals surface area contributed by atoms with Crippen LogP contribution >= 0.6 is 0 Å². The Morgan fingerprint density at radius 1 is 0.750 bits per heavy atom. The molecule has 2 aromatic carbocycles. The fraction of sp³-hybridized carbons (Fsp3) is 0.400. The van der Waals surface area contributed by atoms with Crippen LogP contribution in [0.1, 0.15) is 25.8 Å². The van der Waals surface area contributed by atoms with Crippen LogP contribution in [0.5, 0.6) is 11.5 Å². The van der Waals surface area contributed by atoms with E-state index in [9.17, 15) is 0 Å². The topological polar surface area (TPSA) is 39.7 Å². The quantitative estimate of drug-likeness (QED) is 0.616. The fourth-order valence-electron chi connectivity index (χ4n) is 2.16. The van der Waals surface area contributed by atoms with E-state index in [0.29, 0.717) is 13.2 Å². The summed E-state index contributed by atoms with van der Waals surface area (Å²) < 4.78 is 16.4. The zero-order chi connectivity index (χ0) is 17.0. The predicted molar refractivity (Wildman–Crippen MR) is 98.0 cm³/mol. The first-order chi connectivity index (χ1) is 11.8. The van der Waals surface area contributed by atoms with Crippen molar-refractivity contribution < 1.29 is 14.2 Å². The maximum atomic E-state index is 5.61. The molecule has 0 saturated heterocycles. The Hall–Kier alpha value is -2.20. The minimum atomic E-state index is 0.581. The summed E-state index contributed by atoms with van der Waals surface area (Å²) >= 11 is 0. The Labute approximate surface area is 144 Å². The number of rotatable bonds is 11. The highest BCUT2D eigenvalue weighted by Gasteiger charge is 1.98. The number of hydrogen-bond donors (Lipinski definition) is 1. The molecule has 4 nitrogen and oxygen atoms in total. The van der Waals surface area contributed by atoms with Crippen LogP contribution in [-0.4, -0.2) is 26.4 Å². The van der Waals surface area contributed by atoms with E-state index in [2.05, 4.69) is 24.4 Å². The zero-order valence-corrected chi connectivity index (χ0v) is 14.6. The van der Waals surface area contributed by atoms with Gasteiger partial charge in [-0.2, -0.15) is 0 Å². The molecule has 0 radical (unpaired) electrons. The summed E-state index contributed by atoms with van der Waals surface area (Å²) in [4.78, 5) is 0. The summed E-state index contributed by atoms with van der Waals surface area (Å²) in [5.74, 6) is 1.78. The Morgan fingerprint density at radius 2 is 1.38 bits per heavy atom. The van der Waals surface area contributed by atoms with E-state index in [-0.39, 0.29) is 0 Å². The van der Waals surface area contributed by atoms with E-state index in [4.69, 9.17) is 14.2 Å². The van der Waals surface area contributed by atoms with E-state index in [1.54, 1.807) is 0 Å². The molecule has 0 fully saturated rings. The minimum absolute atomic E-state index is 0.581. The first-order valence-electron chi connectivity index (χ1n) is 8.58. The van der Waals surface area contributed by atoms with Gasteiger partial charge in [-0.05, 0) is 55.3 Å². The Bertz CT molecular complexity index is 566.